The summed E-state index contributed by atoms with van der Waals surface area (Å²) in [6.07, 6.45) is 5.36. The van der Waals surface area contributed by atoms with Crippen LogP contribution in [-0.2, 0) is 9.53 Å². The predicted octanol–water partition coefficient (Wildman–Crippen LogP) is 1.52. The van der Waals surface area contributed by atoms with Gasteiger partial charge in [-0.2, -0.15) is 0 Å². The number of rotatable bonds is 4. The van der Waals surface area contributed by atoms with E-state index in [2.05, 4.69) is 0 Å². The minimum atomic E-state index is -0.858. The molecule has 0 aromatic carbocycles. The van der Waals surface area contributed by atoms with E-state index in [1.165, 1.54) is 25.7 Å². The summed E-state index contributed by atoms with van der Waals surface area (Å²) in [5, 5.41) is 8.39. The molecule has 0 aromatic heterocycles. The zero-order valence-electron chi connectivity index (χ0n) is 7.74. The summed E-state index contributed by atoms with van der Waals surface area (Å²) >= 11 is 0. The van der Waals surface area contributed by atoms with Crippen LogP contribution in [0.15, 0.2) is 0 Å². The average Bonchev–Trinajstić information content (AvgIpc) is 2.64. The molecule has 3 nitrogen and oxygen atoms in total. The maximum absolute atomic E-state index is 10.2. The Labute approximate surface area is 78.1 Å². The SMILES string of the molecule is O=C(O)COCC1CC2CCC1C2. The zero-order valence-corrected chi connectivity index (χ0v) is 7.74. The molecule has 74 valence electrons. The molecule has 0 saturated heterocycles. The van der Waals surface area contributed by atoms with Crippen LogP contribution < -0.4 is 0 Å². The van der Waals surface area contributed by atoms with Crippen molar-refractivity contribution in [3.8, 4) is 0 Å². The monoisotopic (exact) mass is 184 g/mol. The maximum Gasteiger partial charge on any atom is 0.329 e. The van der Waals surface area contributed by atoms with Crippen molar-refractivity contribution in [2.45, 2.75) is 25.7 Å². The molecular weight excluding hydrogens is 168 g/mol. The third-order valence-corrected chi connectivity index (χ3v) is 3.44. The van der Waals surface area contributed by atoms with E-state index in [-0.39, 0.29) is 6.61 Å². The molecule has 0 radical (unpaired) electrons. The van der Waals surface area contributed by atoms with Crippen LogP contribution >= 0.6 is 0 Å². The summed E-state index contributed by atoms with van der Waals surface area (Å²) in [5.74, 6) is 1.54. The number of ether oxygens (including phenoxy) is 1. The molecule has 1 N–H and O–H groups in total. The fourth-order valence-corrected chi connectivity index (χ4v) is 2.88. The fraction of sp³-hybridized carbons (Fsp3) is 0.900. The van der Waals surface area contributed by atoms with Crippen molar-refractivity contribution in [2.24, 2.45) is 17.8 Å². The van der Waals surface area contributed by atoms with Gasteiger partial charge in [0.1, 0.15) is 6.61 Å². The highest BCUT2D eigenvalue weighted by atomic mass is 16.5. The average molecular weight is 184 g/mol. The minimum absolute atomic E-state index is 0.131. The van der Waals surface area contributed by atoms with Crippen molar-refractivity contribution in [2.75, 3.05) is 13.2 Å². The first kappa shape index (κ1) is 9.00. The van der Waals surface area contributed by atoms with Gasteiger partial charge in [-0.05, 0) is 37.0 Å². The lowest BCUT2D eigenvalue weighted by Gasteiger charge is -2.20. The van der Waals surface area contributed by atoms with Crippen molar-refractivity contribution in [1.29, 1.82) is 0 Å². The fourth-order valence-electron chi connectivity index (χ4n) is 2.88. The molecule has 2 saturated carbocycles. The molecule has 0 spiro atoms. The smallest absolute Gasteiger partial charge is 0.329 e. The Hall–Kier alpha value is -0.570. The maximum atomic E-state index is 10.2. The largest absolute Gasteiger partial charge is 0.480 e. The highest BCUT2D eigenvalue weighted by molar-refractivity contribution is 5.67. The molecule has 0 aliphatic heterocycles. The van der Waals surface area contributed by atoms with Crippen molar-refractivity contribution in [3.05, 3.63) is 0 Å². The molecule has 3 unspecified atom stereocenters. The molecule has 2 aliphatic carbocycles. The number of aliphatic carboxylic acids is 1. The molecule has 2 bridgehead atoms. The number of carbonyl (C=O) groups is 1. The van der Waals surface area contributed by atoms with Crippen LogP contribution in [0.25, 0.3) is 0 Å². The molecular formula is C10H16O3. The normalized spacial score (nSPS) is 36.8. The standard InChI is InChI=1S/C10H16O3/c11-10(12)6-13-5-9-4-7-1-2-8(9)3-7/h7-9H,1-6H2,(H,11,12). The van der Waals surface area contributed by atoms with Gasteiger partial charge in [-0.1, -0.05) is 6.42 Å². The van der Waals surface area contributed by atoms with Gasteiger partial charge in [-0.3, -0.25) is 0 Å². The Morgan fingerprint density at radius 1 is 1.38 bits per heavy atom. The van der Waals surface area contributed by atoms with Gasteiger partial charge < -0.3 is 9.84 Å². The second kappa shape index (κ2) is 3.66. The zero-order chi connectivity index (χ0) is 9.26. The molecule has 0 heterocycles. The second-order valence-corrected chi connectivity index (χ2v) is 4.34. The van der Waals surface area contributed by atoms with Crippen molar-refractivity contribution in [1.82, 2.24) is 0 Å². The lowest BCUT2D eigenvalue weighted by atomic mass is 9.90. The molecule has 0 amide bonds. The topological polar surface area (TPSA) is 46.5 Å². The van der Waals surface area contributed by atoms with Gasteiger partial charge in [-0.25, -0.2) is 4.79 Å². The number of fused-ring (bicyclic) bond motifs is 2. The summed E-state index contributed by atoms with van der Waals surface area (Å²) in [6, 6.07) is 0. The highest BCUT2D eigenvalue weighted by Gasteiger charge is 2.39. The summed E-state index contributed by atoms with van der Waals surface area (Å²) in [7, 11) is 0. The molecule has 3 heteroatoms. The van der Waals surface area contributed by atoms with Crippen LogP contribution in [0.5, 0.6) is 0 Å². The summed E-state index contributed by atoms with van der Waals surface area (Å²) in [4.78, 5) is 10.2. The number of hydrogen-bond acceptors (Lipinski definition) is 2. The van der Waals surface area contributed by atoms with Gasteiger partial charge in [0.25, 0.3) is 0 Å². The van der Waals surface area contributed by atoms with Crippen LogP contribution in [0.1, 0.15) is 25.7 Å². The van der Waals surface area contributed by atoms with Gasteiger partial charge in [-0.15, -0.1) is 0 Å². The molecule has 2 rings (SSSR count). The Bertz CT molecular complexity index is 202. The Kier molecular flexibility index (Phi) is 2.54. The van der Waals surface area contributed by atoms with E-state index in [9.17, 15) is 4.79 Å². The molecule has 2 aliphatic rings. The lowest BCUT2D eigenvalue weighted by molar-refractivity contribution is -0.142. The second-order valence-electron chi connectivity index (χ2n) is 4.34. The van der Waals surface area contributed by atoms with Crippen LogP contribution in [0, 0.1) is 17.8 Å². The quantitative estimate of drug-likeness (QED) is 0.720. The molecule has 13 heavy (non-hydrogen) atoms. The first-order valence-corrected chi connectivity index (χ1v) is 5.05. The van der Waals surface area contributed by atoms with E-state index < -0.39 is 5.97 Å². The van der Waals surface area contributed by atoms with E-state index >= 15 is 0 Å². The van der Waals surface area contributed by atoms with E-state index in [1.54, 1.807) is 0 Å². The van der Waals surface area contributed by atoms with Crippen molar-refractivity contribution >= 4 is 5.97 Å². The van der Waals surface area contributed by atoms with Crippen molar-refractivity contribution < 1.29 is 14.6 Å². The van der Waals surface area contributed by atoms with Gasteiger partial charge >= 0.3 is 5.97 Å². The number of carboxylic acid groups (broad SMARTS) is 1. The van der Waals surface area contributed by atoms with Gasteiger partial charge in [0.15, 0.2) is 0 Å². The van der Waals surface area contributed by atoms with E-state index in [1.807, 2.05) is 0 Å². The Morgan fingerprint density at radius 2 is 2.23 bits per heavy atom. The Balaban J connectivity index is 1.68. The molecule has 3 atom stereocenters. The highest BCUT2D eigenvalue weighted by Crippen LogP contribution is 2.48. The van der Waals surface area contributed by atoms with E-state index in [0.29, 0.717) is 12.5 Å². The van der Waals surface area contributed by atoms with E-state index in [0.717, 1.165) is 11.8 Å². The summed E-state index contributed by atoms with van der Waals surface area (Å²) in [5.41, 5.74) is 0. The van der Waals surface area contributed by atoms with Gasteiger partial charge in [0, 0.05) is 0 Å². The summed E-state index contributed by atoms with van der Waals surface area (Å²) < 4.78 is 5.13. The van der Waals surface area contributed by atoms with Gasteiger partial charge in [0.2, 0.25) is 0 Å². The van der Waals surface area contributed by atoms with Crippen molar-refractivity contribution in [3.63, 3.8) is 0 Å². The van der Waals surface area contributed by atoms with E-state index in [4.69, 9.17) is 9.84 Å². The number of carboxylic acids is 1. The lowest BCUT2D eigenvalue weighted by Crippen LogP contribution is -2.19. The van der Waals surface area contributed by atoms with Crippen LogP contribution in [0.4, 0.5) is 0 Å². The van der Waals surface area contributed by atoms with Crippen LogP contribution in [-0.4, -0.2) is 24.3 Å². The third-order valence-electron chi connectivity index (χ3n) is 3.44. The molecule has 0 aromatic rings. The Morgan fingerprint density at radius 3 is 2.77 bits per heavy atom. The predicted molar refractivity (Wildman–Crippen MR) is 47.4 cm³/mol. The minimum Gasteiger partial charge on any atom is -0.480 e. The number of hydrogen-bond donors (Lipinski definition) is 1. The molecule has 2 fully saturated rings. The first-order chi connectivity index (χ1) is 6.25. The van der Waals surface area contributed by atoms with Crippen LogP contribution in [0.3, 0.4) is 0 Å². The summed E-state index contributed by atoms with van der Waals surface area (Å²) in [6.45, 7) is 0.529. The third kappa shape index (κ3) is 2.02. The van der Waals surface area contributed by atoms with Gasteiger partial charge in [0.05, 0.1) is 6.61 Å². The first-order valence-electron chi connectivity index (χ1n) is 5.05. The van der Waals surface area contributed by atoms with Crippen LogP contribution in [0.2, 0.25) is 0 Å².